The summed E-state index contributed by atoms with van der Waals surface area (Å²) in [6, 6.07) is 0. The van der Waals surface area contributed by atoms with Gasteiger partial charge in [0, 0.05) is 5.92 Å². The lowest BCUT2D eigenvalue weighted by atomic mass is 9.78. The molecule has 1 aliphatic rings. The van der Waals surface area contributed by atoms with Crippen LogP contribution < -0.4 is 0 Å². The SMILES string of the molecule is CC(=O)[C@H]1CC=C(C)[C@H](CC=C(C)C)C1. The first-order chi connectivity index (χ1) is 7.00. The first kappa shape index (κ1) is 12.2. The lowest BCUT2D eigenvalue weighted by Gasteiger charge is -2.26. The molecule has 15 heavy (non-hydrogen) atoms. The topological polar surface area (TPSA) is 17.1 Å². The Morgan fingerprint density at radius 1 is 1.47 bits per heavy atom. The monoisotopic (exact) mass is 206 g/mol. The molecule has 2 atom stereocenters. The van der Waals surface area contributed by atoms with E-state index in [1.54, 1.807) is 6.92 Å². The summed E-state index contributed by atoms with van der Waals surface area (Å²) < 4.78 is 0. The van der Waals surface area contributed by atoms with Crippen LogP contribution in [-0.4, -0.2) is 5.78 Å². The van der Waals surface area contributed by atoms with E-state index in [9.17, 15) is 4.79 Å². The van der Waals surface area contributed by atoms with Gasteiger partial charge in [0.05, 0.1) is 0 Å². The van der Waals surface area contributed by atoms with E-state index in [4.69, 9.17) is 0 Å². The Balaban J connectivity index is 2.64. The molecule has 0 aromatic carbocycles. The first-order valence-corrected chi connectivity index (χ1v) is 5.81. The fourth-order valence-electron chi connectivity index (χ4n) is 2.11. The van der Waals surface area contributed by atoms with E-state index in [0.29, 0.717) is 11.7 Å². The van der Waals surface area contributed by atoms with Crippen molar-refractivity contribution in [3.8, 4) is 0 Å². The molecule has 0 fully saturated rings. The molecule has 0 bridgehead atoms. The highest BCUT2D eigenvalue weighted by Crippen LogP contribution is 2.32. The molecular formula is C14H22O. The molecule has 1 rings (SSSR count). The van der Waals surface area contributed by atoms with Crippen molar-refractivity contribution < 1.29 is 4.79 Å². The summed E-state index contributed by atoms with van der Waals surface area (Å²) in [4.78, 5) is 11.3. The van der Waals surface area contributed by atoms with Crippen molar-refractivity contribution in [3.05, 3.63) is 23.3 Å². The van der Waals surface area contributed by atoms with Crippen LogP contribution in [0.15, 0.2) is 23.3 Å². The average molecular weight is 206 g/mol. The van der Waals surface area contributed by atoms with Gasteiger partial charge in [-0.25, -0.2) is 0 Å². The highest BCUT2D eigenvalue weighted by molar-refractivity contribution is 5.78. The minimum Gasteiger partial charge on any atom is -0.300 e. The average Bonchev–Trinajstić information content (AvgIpc) is 2.16. The van der Waals surface area contributed by atoms with Gasteiger partial charge in [0.15, 0.2) is 0 Å². The minimum atomic E-state index is 0.268. The maximum Gasteiger partial charge on any atom is 0.133 e. The van der Waals surface area contributed by atoms with Gasteiger partial charge in [-0.1, -0.05) is 23.3 Å². The van der Waals surface area contributed by atoms with E-state index in [2.05, 4.69) is 32.9 Å². The molecule has 84 valence electrons. The van der Waals surface area contributed by atoms with Crippen molar-refractivity contribution in [2.45, 2.75) is 47.0 Å². The highest BCUT2D eigenvalue weighted by Gasteiger charge is 2.23. The van der Waals surface area contributed by atoms with Gasteiger partial charge in [0.2, 0.25) is 0 Å². The summed E-state index contributed by atoms with van der Waals surface area (Å²) in [6.07, 6.45) is 7.62. The van der Waals surface area contributed by atoms with Crippen LogP contribution >= 0.6 is 0 Å². The molecule has 0 N–H and O–H groups in total. The van der Waals surface area contributed by atoms with Crippen LogP contribution in [0, 0.1) is 11.8 Å². The molecule has 0 aromatic heterocycles. The van der Waals surface area contributed by atoms with E-state index >= 15 is 0 Å². The zero-order valence-electron chi connectivity index (χ0n) is 10.3. The van der Waals surface area contributed by atoms with E-state index in [-0.39, 0.29) is 5.92 Å². The van der Waals surface area contributed by atoms with Crippen molar-refractivity contribution in [3.63, 3.8) is 0 Å². The van der Waals surface area contributed by atoms with Gasteiger partial charge in [-0.05, 0) is 52.9 Å². The van der Waals surface area contributed by atoms with Crippen LogP contribution in [0.4, 0.5) is 0 Å². The summed E-state index contributed by atoms with van der Waals surface area (Å²) in [5, 5.41) is 0. The largest absolute Gasteiger partial charge is 0.300 e. The molecule has 1 heteroatoms. The van der Waals surface area contributed by atoms with E-state index in [1.165, 1.54) is 11.1 Å². The Labute approximate surface area is 93.3 Å². The Bertz CT molecular complexity index is 292. The van der Waals surface area contributed by atoms with E-state index in [0.717, 1.165) is 19.3 Å². The van der Waals surface area contributed by atoms with Crippen molar-refractivity contribution in [2.24, 2.45) is 11.8 Å². The highest BCUT2D eigenvalue weighted by atomic mass is 16.1. The second-order valence-corrected chi connectivity index (χ2v) is 4.94. The third-order valence-electron chi connectivity index (χ3n) is 3.32. The Kier molecular flexibility index (Phi) is 4.31. The number of hydrogen-bond acceptors (Lipinski definition) is 1. The number of Topliss-reactive ketones (excluding diaryl/α,β-unsaturated/α-hetero) is 1. The third-order valence-corrected chi connectivity index (χ3v) is 3.32. The van der Waals surface area contributed by atoms with Crippen molar-refractivity contribution in [2.75, 3.05) is 0 Å². The summed E-state index contributed by atoms with van der Waals surface area (Å²) in [6.45, 7) is 8.17. The molecule has 1 nitrogen and oxygen atoms in total. The molecule has 0 amide bonds. The molecule has 0 aromatic rings. The molecule has 0 saturated carbocycles. The van der Waals surface area contributed by atoms with Crippen LogP contribution in [0.1, 0.15) is 47.0 Å². The van der Waals surface area contributed by atoms with E-state index in [1.807, 2.05) is 0 Å². The smallest absolute Gasteiger partial charge is 0.133 e. The van der Waals surface area contributed by atoms with Gasteiger partial charge in [0.1, 0.15) is 5.78 Å². The lowest BCUT2D eigenvalue weighted by molar-refractivity contribution is -0.121. The second-order valence-electron chi connectivity index (χ2n) is 4.94. The van der Waals surface area contributed by atoms with Crippen LogP contribution in [-0.2, 0) is 4.79 Å². The van der Waals surface area contributed by atoms with Gasteiger partial charge >= 0.3 is 0 Å². The molecular weight excluding hydrogens is 184 g/mol. The third kappa shape index (κ3) is 3.65. The minimum absolute atomic E-state index is 0.268. The van der Waals surface area contributed by atoms with Crippen molar-refractivity contribution in [1.29, 1.82) is 0 Å². The predicted octanol–water partition coefficient (Wildman–Crippen LogP) is 3.90. The number of hydrogen-bond donors (Lipinski definition) is 0. The summed E-state index contributed by atoms with van der Waals surface area (Å²) in [5.74, 6) is 1.20. The first-order valence-electron chi connectivity index (χ1n) is 5.81. The van der Waals surface area contributed by atoms with Gasteiger partial charge < -0.3 is 0 Å². The van der Waals surface area contributed by atoms with Crippen LogP contribution in [0.2, 0.25) is 0 Å². The van der Waals surface area contributed by atoms with Gasteiger partial charge in [0.25, 0.3) is 0 Å². The molecule has 0 unspecified atom stereocenters. The summed E-state index contributed by atoms with van der Waals surface area (Å²) >= 11 is 0. The maximum absolute atomic E-state index is 11.3. The second kappa shape index (κ2) is 5.29. The fourth-order valence-corrected chi connectivity index (χ4v) is 2.11. The number of ketones is 1. The summed E-state index contributed by atoms with van der Waals surface area (Å²) in [5.41, 5.74) is 2.83. The fraction of sp³-hybridized carbons (Fsp3) is 0.643. The zero-order valence-corrected chi connectivity index (χ0v) is 10.3. The molecule has 0 aliphatic heterocycles. The molecule has 0 heterocycles. The molecule has 0 radical (unpaired) electrons. The zero-order chi connectivity index (χ0) is 11.4. The molecule has 1 aliphatic carbocycles. The normalized spacial score (nSPS) is 25.7. The number of carbonyl (C=O) groups is 1. The predicted molar refractivity (Wildman–Crippen MR) is 64.7 cm³/mol. The Hall–Kier alpha value is -0.850. The van der Waals surface area contributed by atoms with E-state index < -0.39 is 0 Å². The standard InChI is InChI=1S/C14H22O/c1-10(2)5-7-13-9-14(12(4)15)8-6-11(13)3/h5-6,13-14H,7-9H2,1-4H3/t13-,14+/m1/s1. The molecule has 0 spiro atoms. The number of allylic oxidation sites excluding steroid dienone is 4. The lowest BCUT2D eigenvalue weighted by Crippen LogP contribution is -2.20. The maximum atomic E-state index is 11.3. The van der Waals surface area contributed by atoms with Crippen LogP contribution in [0.5, 0.6) is 0 Å². The summed E-state index contributed by atoms with van der Waals surface area (Å²) in [7, 11) is 0. The van der Waals surface area contributed by atoms with Crippen LogP contribution in [0.25, 0.3) is 0 Å². The van der Waals surface area contributed by atoms with Gasteiger partial charge in [-0.15, -0.1) is 0 Å². The quantitative estimate of drug-likeness (QED) is 0.640. The van der Waals surface area contributed by atoms with Gasteiger partial charge in [-0.3, -0.25) is 4.79 Å². The Morgan fingerprint density at radius 2 is 2.13 bits per heavy atom. The number of rotatable bonds is 3. The van der Waals surface area contributed by atoms with Gasteiger partial charge in [-0.2, -0.15) is 0 Å². The molecule has 0 saturated heterocycles. The van der Waals surface area contributed by atoms with Crippen molar-refractivity contribution >= 4 is 5.78 Å². The number of carbonyl (C=O) groups excluding carboxylic acids is 1. The Morgan fingerprint density at radius 3 is 2.67 bits per heavy atom. The van der Waals surface area contributed by atoms with Crippen molar-refractivity contribution in [1.82, 2.24) is 0 Å². The van der Waals surface area contributed by atoms with Crippen LogP contribution in [0.3, 0.4) is 0 Å².